The van der Waals surface area contributed by atoms with Crippen molar-refractivity contribution in [2.45, 2.75) is 26.8 Å². The van der Waals surface area contributed by atoms with Crippen LogP contribution in [0, 0.1) is 0 Å². The minimum absolute atomic E-state index is 0. The third kappa shape index (κ3) is 6.95. The summed E-state index contributed by atoms with van der Waals surface area (Å²) in [5.74, 6) is 0.860. The van der Waals surface area contributed by atoms with Gasteiger partial charge in [-0.15, -0.1) is 35.3 Å². The summed E-state index contributed by atoms with van der Waals surface area (Å²) in [6.45, 7) is 6.63. The lowest BCUT2D eigenvalue weighted by atomic mass is 10.5. The molecule has 0 amide bonds. The van der Waals surface area contributed by atoms with E-state index in [0.717, 1.165) is 36.3 Å². The highest BCUT2D eigenvalue weighted by atomic mass is 127. The van der Waals surface area contributed by atoms with E-state index in [9.17, 15) is 0 Å². The van der Waals surface area contributed by atoms with Crippen LogP contribution >= 0.6 is 35.3 Å². The van der Waals surface area contributed by atoms with Gasteiger partial charge >= 0.3 is 0 Å². The molecule has 1 aromatic rings. The van der Waals surface area contributed by atoms with E-state index in [1.807, 2.05) is 19.0 Å². The van der Waals surface area contributed by atoms with Gasteiger partial charge in [-0.1, -0.05) is 6.92 Å². The fourth-order valence-corrected chi connectivity index (χ4v) is 2.07. The molecule has 110 valence electrons. The number of guanidine groups is 1. The Morgan fingerprint density at radius 2 is 2.11 bits per heavy atom. The van der Waals surface area contributed by atoms with Crippen molar-refractivity contribution in [1.29, 1.82) is 0 Å². The minimum Gasteiger partial charge on any atom is -0.357 e. The Labute approximate surface area is 136 Å². The Bertz CT molecular complexity index is 378. The molecule has 19 heavy (non-hydrogen) atoms. The Balaban J connectivity index is 0.00000324. The van der Waals surface area contributed by atoms with Gasteiger partial charge in [-0.25, -0.2) is 9.98 Å². The molecule has 0 saturated heterocycles. The topological polar surface area (TPSA) is 52.6 Å². The van der Waals surface area contributed by atoms with E-state index >= 15 is 0 Å². The Morgan fingerprint density at radius 3 is 2.63 bits per heavy atom. The van der Waals surface area contributed by atoms with Crippen molar-refractivity contribution in [1.82, 2.24) is 15.6 Å². The molecule has 0 radical (unpaired) electrons. The summed E-state index contributed by atoms with van der Waals surface area (Å²) in [6.07, 6.45) is 1.09. The second-order valence-corrected chi connectivity index (χ2v) is 4.97. The molecule has 0 atom stereocenters. The molecule has 7 heteroatoms. The van der Waals surface area contributed by atoms with Crippen molar-refractivity contribution in [3.8, 4) is 0 Å². The van der Waals surface area contributed by atoms with Gasteiger partial charge < -0.3 is 15.5 Å². The van der Waals surface area contributed by atoms with Gasteiger partial charge in [0.1, 0.15) is 0 Å². The Hall–Kier alpha value is -0.570. The number of hydrogen-bond acceptors (Lipinski definition) is 4. The second kappa shape index (κ2) is 10.2. The molecular weight excluding hydrogens is 373 g/mol. The minimum atomic E-state index is 0. The van der Waals surface area contributed by atoms with Crippen molar-refractivity contribution in [3.63, 3.8) is 0 Å². The zero-order chi connectivity index (χ0) is 13.4. The fraction of sp³-hybridized carbons (Fsp3) is 0.667. The predicted octanol–water partition coefficient (Wildman–Crippen LogP) is 2.29. The number of nitrogens with one attached hydrogen (secondary N) is 2. The maximum atomic E-state index is 4.51. The molecule has 1 rings (SSSR count). The molecule has 0 saturated carbocycles. The third-order valence-corrected chi connectivity index (χ3v) is 3.27. The largest absolute Gasteiger partial charge is 0.357 e. The first-order valence-corrected chi connectivity index (χ1v) is 7.19. The summed E-state index contributed by atoms with van der Waals surface area (Å²) in [4.78, 5) is 11.0. The van der Waals surface area contributed by atoms with Gasteiger partial charge in [0.2, 0.25) is 0 Å². The number of rotatable bonds is 6. The van der Waals surface area contributed by atoms with Crippen molar-refractivity contribution in [3.05, 3.63) is 11.1 Å². The fourth-order valence-electron chi connectivity index (χ4n) is 1.32. The van der Waals surface area contributed by atoms with E-state index in [4.69, 9.17) is 0 Å². The number of anilines is 1. The summed E-state index contributed by atoms with van der Waals surface area (Å²) in [5, 5.41) is 9.57. The summed E-state index contributed by atoms with van der Waals surface area (Å²) in [7, 11) is 4.00. The van der Waals surface area contributed by atoms with E-state index in [1.165, 1.54) is 0 Å². The van der Waals surface area contributed by atoms with E-state index in [-0.39, 0.29) is 24.0 Å². The van der Waals surface area contributed by atoms with E-state index < -0.39 is 0 Å². The normalized spacial score (nSPS) is 10.8. The molecule has 0 aromatic carbocycles. The van der Waals surface area contributed by atoms with Crippen LogP contribution in [-0.2, 0) is 6.54 Å². The average Bonchev–Trinajstić information content (AvgIpc) is 2.81. The molecule has 2 N–H and O–H groups in total. The molecule has 0 aliphatic carbocycles. The molecule has 0 aliphatic heterocycles. The SMILES string of the molecule is CCCNC(=NCc1csc(N(C)C)n1)NCC.I. The molecule has 0 aliphatic rings. The second-order valence-electron chi connectivity index (χ2n) is 4.14. The lowest BCUT2D eigenvalue weighted by molar-refractivity contribution is 0.783. The van der Waals surface area contributed by atoms with Crippen molar-refractivity contribution >= 4 is 46.4 Å². The van der Waals surface area contributed by atoms with Gasteiger partial charge in [-0.05, 0) is 13.3 Å². The van der Waals surface area contributed by atoms with E-state index in [2.05, 4.69) is 39.8 Å². The quantitative estimate of drug-likeness (QED) is 0.440. The van der Waals surface area contributed by atoms with Crippen LogP contribution in [0.4, 0.5) is 5.13 Å². The maximum absolute atomic E-state index is 4.51. The van der Waals surface area contributed by atoms with Crippen molar-refractivity contribution < 1.29 is 0 Å². The Morgan fingerprint density at radius 1 is 1.37 bits per heavy atom. The van der Waals surface area contributed by atoms with Crippen LogP contribution in [0.5, 0.6) is 0 Å². The highest BCUT2D eigenvalue weighted by Crippen LogP contribution is 2.18. The van der Waals surface area contributed by atoms with Crippen LogP contribution in [-0.4, -0.2) is 38.1 Å². The molecule has 0 unspecified atom stereocenters. The first kappa shape index (κ1) is 18.4. The maximum Gasteiger partial charge on any atom is 0.191 e. The molecule has 0 spiro atoms. The van der Waals surface area contributed by atoms with Gasteiger partial charge in [0.05, 0.1) is 12.2 Å². The average molecular weight is 397 g/mol. The van der Waals surface area contributed by atoms with Gasteiger partial charge in [-0.2, -0.15) is 0 Å². The number of aliphatic imine (C=N–C) groups is 1. The number of hydrogen-bond donors (Lipinski definition) is 2. The van der Waals surface area contributed by atoms with Crippen molar-refractivity contribution in [2.24, 2.45) is 4.99 Å². The number of halogens is 1. The first-order chi connectivity index (χ1) is 8.67. The molecule has 1 aromatic heterocycles. The number of thiazole rings is 1. The van der Waals surface area contributed by atoms with Gasteiger partial charge in [0.15, 0.2) is 11.1 Å². The lowest BCUT2D eigenvalue weighted by Gasteiger charge is -2.09. The standard InChI is InChI=1S/C12H23N5S.HI/c1-5-7-14-11(13-6-2)15-8-10-9-18-12(16-10)17(3)4;/h9H,5-8H2,1-4H3,(H2,13,14,15);1H. The van der Waals surface area contributed by atoms with Crippen molar-refractivity contribution in [2.75, 3.05) is 32.1 Å². The zero-order valence-corrected chi connectivity index (χ0v) is 15.2. The summed E-state index contributed by atoms with van der Waals surface area (Å²) in [5.41, 5.74) is 1.01. The Kier molecular flexibility index (Phi) is 9.94. The first-order valence-electron chi connectivity index (χ1n) is 6.31. The molecule has 0 fully saturated rings. The van der Waals surface area contributed by atoms with E-state index in [0.29, 0.717) is 6.54 Å². The molecular formula is C12H24IN5S. The van der Waals surface area contributed by atoms with Gasteiger partial charge in [0.25, 0.3) is 0 Å². The molecule has 0 bridgehead atoms. The number of nitrogens with zero attached hydrogens (tertiary/aromatic N) is 3. The summed E-state index contributed by atoms with van der Waals surface area (Å²) < 4.78 is 0. The van der Waals surface area contributed by atoms with Crippen LogP contribution < -0.4 is 15.5 Å². The summed E-state index contributed by atoms with van der Waals surface area (Å²) in [6, 6.07) is 0. The lowest BCUT2D eigenvalue weighted by Crippen LogP contribution is -2.37. The number of aromatic nitrogens is 1. The van der Waals surface area contributed by atoms with Crippen LogP contribution in [0.2, 0.25) is 0 Å². The van der Waals surface area contributed by atoms with Crippen LogP contribution in [0.25, 0.3) is 0 Å². The molecule has 5 nitrogen and oxygen atoms in total. The highest BCUT2D eigenvalue weighted by Gasteiger charge is 2.03. The van der Waals surface area contributed by atoms with Gasteiger partial charge in [0, 0.05) is 32.6 Å². The van der Waals surface area contributed by atoms with Crippen LogP contribution in [0.1, 0.15) is 26.0 Å². The third-order valence-electron chi connectivity index (χ3n) is 2.21. The predicted molar refractivity (Wildman–Crippen MR) is 95.0 cm³/mol. The monoisotopic (exact) mass is 397 g/mol. The van der Waals surface area contributed by atoms with Crippen LogP contribution in [0.15, 0.2) is 10.4 Å². The van der Waals surface area contributed by atoms with E-state index in [1.54, 1.807) is 11.3 Å². The highest BCUT2D eigenvalue weighted by molar-refractivity contribution is 14.0. The van der Waals surface area contributed by atoms with Gasteiger partial charge in [-0.3, -0.25) is 0 Å². The summed E-state index contributed by atoms with van der Waals surface area (Å²) >= 11 is 1.65. The van der Waals surface area contributed by atoms with Crippen LogP contribution in [0.3, 0.4) is 0 Å². The molecule has 1 heterocycles. The zero-order valence-electron chi connectivity index (χ0n) is 12.1. The smallest absolute Gasteiger partial charge is 0.191 e.